The summed E-state index contributed by atoms with van der Waals surface area (Å²) in [6.45, 7) is 0. The Kier molecular flexibility index (Phi) is 3.10. The molecule has 0 spiro atoms. The van der Waals surface area contributed by atoms with Gasteiger partial charge in [0.15, 0.2) is 0 Å². The Bertz CT molecular complexity index is 423. The van der Waals surface area contributed by atoms with Gasteiger partial charge in [0.2, 0.25) is 0 Å². The first kappa shape index (κ1) is 10.5. The van der Waals surface area contributed by atoms with Gasteiger partial charge in [-0.05, 0) is 28.1 Å². The van der Waals surface area contributed by atoms with Crippen molar-refractivity contribution in [1.29, 1.82) is 5.26 Å². The number of ether oxygens (including phenoxy) is 1. The Labute approximate surface area is 88.9 Å². The molecule has 0 heterocycles. The van der Waals surface area contributed by atoms with Crippen LogP contribution in [0.2, 0.25) is 0 Å². The smallest absolute Gasteiger partial charge is 0.337 e. The third-order valence-corrected chi connectivity index (χ3v) is 2.49. The number of aromatic carboxylic acids is 1. The SMILES string of the molecule is COc1cc(C#N)c(Br)c(C(=O)O)c1. The molecule has 0 aliphatic carbocycles. The Morgan fingerprint density at radius 1 is 1.64 bits per heavy atom. The van der Waals surface area contributed by atoms with Gasteiger partial charge in [-0.1, -0.05) is 0 Å². The van der Waals surface area contributed by atoms with Crippen LogP contribution >= 0.6 is 15.9 Å². The van der Waals surface area contributed by atoms with Crippen molar-refractivity contribution in [3.63, 3.8) is 0 Å². The lowest BCUT2D eigenvalue weighted by molar-refractivity contribution is 0.0695. The van der Waals surface area contributed by atoms with E-state index in [4.69, 9.17) is 15.1 Å². The van der Waals surface area contributed by atoms with E-state index in [9.17, 15) is 4.79 Å². The third kappa shape index (κ3) is 1.86. The number of methoxy groups -OCH3 is 1. The maximum Gasteiger partial charge on any atom is 0.337 e. The number of hydrogen-bond donors (Lipinski definition) is 1. The highest BCUT2D eigenvalue weighted by molar-refractivity contribution is 9.10. The fraction of sp³-hybridized carbons (Fsp3) is 0.111. The number of carboxylic acids is 1. The van der Waals surface area contributed by atoms with E-state index in [1.54, 1.807) is 0 Å². The molecule has 1 N–H and O–H groups in total. The van der Waals surface area contributed by atoms with Crippen LogP contribution < -0.4 is 4.74 Å². The minimum atomic E-state index is -1.10. The first-order valence-electron chi connectivity index (χ1n) is 3.61. The zero-order valence-corrected chi connectivity index (χ0v) is 8.83. The molecule has 0 aromatic heterocycles. The van der Waals surface area contributed by atoms with Crippen LogP contribution in [-0.2, 0) is 0 Å². The summed E-state index contributed by atoms with van der Waals surface area (Å²) in [4.78, 5) is 10.8. The van der Waals surface area contributed by atoms with Crippen molar-refractivity contribution >= 4 is 21.9 Å². The van der Waals surface area contributed by atoms with Gasteiger partial charge in [0.1, 0.15) is 11.8 Å². The van der Waals surface area contributed by atoms with Crippen molar-refractivity contribution in [3.8, 4) is 11.8 Å². The van der Waals surface area contributed by atoms with E-state index in [1.165, 1.54) is 19.2 Å². The molecular weight excluding hydrogens is 250 g/mol. The Balaban J connectivity index is 3.44. The third-order valence-electron chi connectivity index (χ3n) is 1.63. The van der Waals surface area contributed by atoms with Crippen LogP contribution in [0, 0.1) is 11.3 Å². The van der Waals surface area contributed by atoms with Crippen molar-refractivity contribution in [2.24, 2.45) is 0 Å². The van der Waals surface area contributed by atoms with Gasteiger partial charge in [0.05, 0.1) is 22.7 Å². The van der Waals surface area contributed by atoms with Crippen LogP contribution in [0.1, 0.15) is 15.9 Å². The Morgan fingerprint density at radius 3 is 2.71 bits per heavy atom. The predicted molar refractivity (Wildman–Crippen MR) is 52.4 cm³/mol. The zero-order chi connectivity index (χ0) is 10.7. The lowest BCUT2D eigenvalue weighted by Gasteiger charge is -2.05. The molecule has 0 saturated heterocycles. The van der Waals surface area contributed by atoms with E-state index in [-0.39, 0.29) is 15.6 Å². The lowest BCUT2D eigenvalue weighted by atomic mass is 10.1. The molecule has 1 rings (SSSR count). The molecule has 0 atom stereocenters. The minimum Gasteiger partial charge on any atom is -0.497 e. The fourth-order valence-corrected chi connectivity index (χ4v) is 1.44. The second-order valence-electron chi connectivity index (χ2n) is 2.45. The number of rotatable bonds is 2. The summed E-state index contributed by atoms with van der Waals surface area (Å²) >= 11 is 3.05. The molecule has 72 valence electrons. The summed E-state index contributed by atoms with van der Waals surface area (Å²) in [5.41, 5.74) is 0.252. The average molecular weight is 256 g/mol. The maximum atomic E-state index is 10.8. The molecule has 0 amide bonds. The van der Waals surface area contributed by atoms with Crippen LogP contribution in [0.3, 0.4) is 0 Å². The molecule has 0 unspecified atom stereocenters. The normalized spacial score (nSPS) is 9.21. The summed E-state index contributed by atoms with van der Waals surface area (Å²) in [6.07, 6.45) is 0. The van der Waals surface area contributed by atoms with Crippen molar-refractivity contribution in [2.45, 2.75) is 0 Å². The molecule has 14 heavy (non-hydrogen) atoms. The van der Waals surface area contributed by atoms with Gasteiger partial charge in [-0.2, -0.15) is 5.26 Å². The van der Waals surface area contributed by atoms with E-state index in [0.717, 1.165) is 0 Å². The van der Waals surface area contributed by atoms with E-state index < -0.39 is 5.97 Å². The van der Waals surface area contributed by atoms with E-state index in [2.05, 4.69) is 15.9 Å². The van der Waals surface area contributed by atoms with Crippen LogP contribution in [0.4, 0.5) is 0 Å². The molecule has 1 aromatic carbocycles. The van der Waals surface area contributed by atoms with Crippen LogP contribution in [0.25, 0.3) is 0 Å². The number of hydrogen-bond acceptors (Lipinski definition) is 3. The molecule has 1 aromatic rings. The van der Waals surface area contributed by atoms with Gasteiger partial charge in [0.25, 0.3) is 0 Å². The van der Waals surface area contributed by atoms with Gasteiger partial charge >= 0.3 is 5.97 Å². The first-order chi connectivity index (χ1) is 6.60. The summed E-state index contributed by atoms with van der Waals surface area (Å²) < 4.78 is 5.14. The van der Waals surface area contributed by atoms with E-state index >= 15 is 0 Å². The van der Waals surface area contributed by atoms with Gasteiger partial charge in [-0.3, -0.25) is 0 Å². The standard InChI is InChI=1S/C9H6BrNO3/c1-14-6-2-5(4-11)8(10)7(3-6)9(12)13/h2-3H,1H3,(H,12,13). The molecule has 5 heteroatoms. The monoisotopic (exact) mass is 255 g/mol. The summed E-state index contributed by atoms with van der Waals surface area (Å²) in [5, 5.41) is 17.5. The van der Waals surface area contributed by atoms with Gasteiger partial charge in [-0.25, -0.2) is 4.79 Å². The molecule has 0 aliphatic rings. The van der Waals surface area contributed by atoms with Crippen LogP contribution in [-0.4, -0.2) is 18.2 Å². The Hall–Kier alpha value is -1.54. The Morgan fingerprint density at radius 2 is 2.29 bits per heavy atom. The number of nitrogens with zero attached hydrogens (tertiary/aromatic N) is 1. The average Bonchev–Trinajstić information content (AvgIpc) is 2.17. The highest BCUT2D eigenvalue weighted by Crippen LogP contribution is 2.26. The van der Waals surface area contributed by atoms with Gasteiger partial charge in [0, 0.05) is 0 Å². The topological polar surface area (TPSA) is 70.3 Å². The molecule has 0 aliphatic heterocycles. The van der Waals surface area contributed by atoms with Gasteiger partial charge < -0.3 is 9.84 Å². The number of benzene rings is 1. The summed E-state index contributed by atoms with van der Waals surface area (Å²) in [6, 6.07) is 4.70. The number of nitriles is 1. The molecular formula is C9H6BrNO3. The van der Waals surface area contributed by atoms with Crippen LogP contribution in [0.15, 0.2) is 16.6 Å². The molecule has 0 saturated carbocycles. The first-order valence-corrected chi connectivity index (χ1v) is 4.40. The predicted octanol–water partition coefficient (Wildman–Crippen LogP) is 2.03. The number of carboxylic acid groups (broad SMARTS) is 1. The molecule has 0 fully saturated rings. The summed E-state index contributed by atoms with van der Waals surface area (Å²) in [7, 11) is 1.41. The van der Waals surface area contributed by atoms with Crippen molar-refractivity contribution < 1.29 is 14.6 Å². The highest BCUT2D eigenvalue weighted by Gasteiger charge is 2.14. The highest BCUT2D eigenvalue weighted by atomic mass is 79.9. The van der Waals surface area contributed by atoms with Gasteiger partial charge in [-0.15, -0.1) is 0 Å². The van der Waals surface area contributed by atoms with Crippen molar-refractivity contribution in [2.75, 3.05) is 7.11 Å². The van der Waals surface area contributed by atoms with Crippen molar-refractivity contribution in [3.05, 3.63) is 27.7 Å². The second-order valence-corrected chi connectivity index (χ2v) is 3.25. The van der Waals surface area contributed by atoms with E-state index in [1.807, 2.05) is 6.07 Å². The van der Waals surface area contributed by atoms with E-state index in [0.29, 0.717) is 5.75 Å². The summed E-state index contributed by atoms with van der Waals surface area (Å²) in [5.74, 6) is -0.755. The fourth-order valence-electron chi connectivity index (χ4n) is 0.953. The van der Waals surface area contributed by atoms with Crippen molar-refractivity contribution in [1.82, 2.24) is 0 Å². The lowest BCUT2D eigenvalue weighted by Crippen LogP contribution is -2.00. The molecule has 0 bridgehead atoms. The molecule has 4 nitrogen and oxygen atoms in total. The zero-order valence-electron chi connectivity index (χ0n) is 7.24. The second kappa shape index (κ2) is 4.11. The number of carbonyl (C=O) groups is 1. The molecule has 0 radical (unpaired) electrons. The maximum absolute atomic E-state index is 10.8. The largest absolute Gasteiger partial charge is 0.497 e. The van der Waals surface area contributed by atoms with Crippen LogP contribution in [0.5, 0.6) is 5.75 Å². The number of halogens is 1. The minimum absolute atomic E-state index is 0.0147. The quantitative estimate of drug-likeness (QED) is 0.878.